The number of ether oxygens (including phenoxy) is 1. The first-order chi connectivity index (χ1) is 11.7. The van der Waals surface area contributed by atoms with Crippen molar-refractivity contribution in [2.24, 2.45) is 11.8 Å². The molecule has 138 valence electrons. The highest BCUT2D eigenvalue weighted by Crippen LogP contribution is 2.34. The summed E-state index contributed by atoms with van der Waals surface area (Å²) in [5.41, 5.74) is 0.926. The van der Waals surface area contributed by atoms with Gasteiger partial charge in [0.05, 0.1) is 11.5 Å². The number of sulfonamides is 1. The van der Waals surface area contributed by atoms with Crippen LogP contribution in [0, 0.1) is 18.8 Å². The number of amides is 1. The van der Waals surface area contributed by atoms with Crippen LogP contribution >= 0.6 is 0 Å². The monoisotopic (exact) mass is 367 g/mol. The van der Waals surface area contributed by atoms with Gasteiger partial charge in [-0.3, -0.25) is 9.59 Å². The fourth-order valence-electron chi connectivity index (χ4n) is 3.12. The number of benzene rings is 1. The average Bonchev–Trinajstić information content (AvgIpc) is 2.84. The first-order valence-corrected chi connectivity index (χ1v) is 9.94. The van der Waals surface area contributed by atoms with Gasteiger partial charge in [-0.1, -0.05) is 31.5 Å². The second-order valence-corrected chi connectivity index (χ2v) is 8.59. The largest absolute Gasteiger partial charge is 0.465 e. The van der Waals surface area contributed by atoms with Gasteiger partial charge in [0, 0.05) is 6.04 Å². The van der Waals surface area contributed by atoms with Gasteiger partial charge in [0.1, 0.15) is 5.92 Å². The van der Waals surface area contributed by atoms with E-state index in [1.807, 2.05) is 20.8 Å². The van der Waals surface area contributed by atoms with Crippen molar-refractivity contribution in [3.05, 3.63) is 29.8 Å². The Kier molecular flexibility index (Phi) is 5.87. The Morgan fingerprint density at radius 3 is 2.40 bits per heavy atom. The summed E-state index contributed by atoms with van der Waals surface area (Å²) in [5.74, 6) is -2.20. The summed E-state index contributed by atoms with van der Waals surface area (Å²) in [6.45, 7) is 7.58. The van der Waals surface area contributed by atoms with Gasteiger partial charge in [-0.05, 0) is 44.7 Å². The highest BCUT2D eigenvalue weighted by Gasteiger charge is 2.49. The molecule has 0 saturated carbocycles. The minimum absolute atomic E-state index is 0.0599. The molecule has 1 heterocycles. The Labute approximate surface area is 149 Å². The zero-order chi connectivity index (χ0) is 18.8. The Bertz CT molecular complexity index is 739. The zero-order valence-corrected chi connectivity index (χ0v) is 15.9. The summed E-state index contributed by atoms with van der Waals surface area (Å²) in [6.07, 6.45) is 0.674. The predicted molar refractivity (Wildman–Crippen MR) is 93.2 cm³/mol. The third kappa shape index (κ3) is 4.03. The van der Waals surface area contributed by atoms with E-state index >= 15 is 0 Å². The number of hydrogen-bond donors (Lipinski definition) is 0. The molecule has 1 aliphatic rings. The second-order valence-electron chi connectivity index (χ2n) is 6.78. The third-order valence-electron chi connectivity index (χ3n) is 4.25. The molecule has 2 atom stereocenters. The van der Waals surface area contributed by atoms with Crippen molar-refractivity contribution in [2.45, 2.75) is 51.5 Å². The fraction of sp³-hybridized carbons (Fsp3) is 0.556. The molecule has 0 radical (unpaired) electrons. The number of esters is 1. The number of hydrogen-bond acceptors (Lipinski definition) is 5. The molecule has 0 N–H and O–H groups in total. The van der Waals surface area contributed by atoms with Crippen molar-refractivity contribution in [1.82, 2.24) is 4.31 Å². The summed E-state index contributed by atoms with van der Waals surface area (Å²) in [7, 11) is -4.00. The molecule has 1 unspecified atom stereocenters. The SMILES string of the molecule is CCOC(=O)C1C[C@H](CC(C)C)N(S(=O)(=O)c2ccc(C)cc2)C1=O. The van der Waals surface area contributed by atoms with E-state index in [-0.39, 0.29) is 23.8 Å². The molecule has 1 saturated heterocycles. The molecular weight excluding hydrogens is 342 g/mol. The molecule has 0 aliphatic carbocycles. The van der Waals surface area contributed by atoms with Gasteiger partial charge in [-0.25, -0.2) is 12.7 Å². The molecule has 0 aromatic heterocycles. The van der Waals surface area contributed by atoms with Crippen molar-refractivity contribution in [3.63, 3.8) is 0 Å². The molecule has 1 aromatic carbocycles. The molecule has 0 spiro atoms. The van der Waals surface area contributed by atoms with Crippen molar-refractivity contribution in [2.75, 3.05) is 6.61 Å². The van der Waals surface area contributed by atoms with E-state index in [1.54, 1.807) is 19.1 Å². The van der Waals surface area contributed by atoms with E-state index in [0.29, 0.717) is 6.42 Å². The lowest BCUT2D eigenvalue weighted by Crippen LogP contribution is -2.40. The van der Waals surface area contributed by atoms with Gasteiger partial charge in [-0.15, -0.1) is 0 Å². The number of aryl methyl sites for hydroxylation is 1. The standard InChI is InChI=1S/C18H25NO5S/c1-5-24-18(21)16-11-14(10-12(2)3)19(17(16)20)25(22,23)15-8-6-13(4)7-9-15/h6-9,12,14,16H,5,10-11H2,1-4H3/t14-,16?/m0/s1. The molecule has 1 aliphatic heterocycles. The Balaban J connectivity index is 2.41. The summed E-state index contributed by atoms with van der Waals surface area (Å²) in [6, 6.07) is 5.82. The molecule has 25 heavy (non-hydrogen) atoms. The van der Waals surface area contributed by atoms with Crippen LogP contribution in [0.25, 0.3) is 0 Å². The third-order valence-corrected chi connectivity index (χ3v) is 6.11. The summed E-state index contributed by atoms with van der Waals surface area (Å²) < 4.78 is 31.9. The molecule has 6 nitrogen and oxygen atoms in total. The average molecular weight is 367 g/mol. The summed E-state index contributed by atoms with van der Waals surface area (Å²) in [5, 5.41) is 0. The van der Waals surface area contributed by atoms with Crippen LogP contribution in [0.3, 0.4) is 0 Å². The first kappa shape index (κ1) is 19.4. The Morgan fingerprint density at radius 2 is 1.88 bits per heavy atom. The molecular formula is C18H25NO5S. The minimum atomic E-state index is -4.00. The van der Waals surface area contributed by atoms with Gasteiger partial charge in [0.25, 0.3) is 15.9 Å². The number of nitrogens with zero attached hydrogens (tertiary/aromatic N) is 1. The highest BCUT2D eigenvalue weighted by atomic mass is 32.2. The van der Waals surface area contributed by atoms with E-state index in [0.717, 1.165) is 9.87 Å². The topological polar surface area (TPSA) is 80.8 Å². The van der Waals surface area contributed by atoms with Gasteiger partial charge in [-0.2, -0.15) is 0 Å². The van der Waals surface area contributed by atoms with Gasteiger partial charge >= 0.3 is 5.97 Å². The van der Waals surface area contributed by atoms with E-state index < -0.39 is 33.9 Å². The van der Waals surface area contributed by atoms with Gasteiger partial charge in [0.15, 0.2) is 0 Å². The highest BCUT2D eigenvalue weighted by molar-refractivity contribution is 7.89. The maximum Gasteiger partial charge on any atom is 0.318 e. The maximum absolute atomic E-state index is 13.0. The smallest absolute Gasteiger partial charge is 0.318 e. The van der Waals surface area contributed by atoms with E-state index in [2.05, 4.69) is 0 Å². The second kappa shape index (κ2) is 7.56. The molecule has 2 rings (SSSR count). The molecule has 1 aromatic rings. The minimum Gasteiger partial charge on any atom is -0.465 e. The fourth-order valence-corrected chi connectivity index (χ4v) is 4.75. The summed E-state index contributed by atoms with van der Waals surface area (Å²) >= 11 is 0. The van der Waals surface area contributed by atoms with Crippen molar-refractivity contribution < 1.29 is 22.7 Å². The van der Waals surface area contributed by atoms with E-state index in [1.165, 1.54) is 12.1 Å². The molecule has 0 bridgehead atoms. The lowest BCUT2D eigenvalue weighted by molar-refractivity contribution is -0.151. The number of rotatable bonds is 6. The van der Waals surface area contributed by atoms with Crippen LogP contribution in [0.15, 0.2) is 29.2 Å². The maximum atomic E-state index is 13.0. The zero-order valence-electron chi connectivity index (χ0n) is 15.1. The van der Waals surface area contributed by atoms with Crippen LogP contribution in [0.5, 0.6) is 0 Å². The van der Waals surface area contributed by atoms with Crippen molar-refractivity contribution in [1.29, 1.82) is 0 Å². The van der Waals surface area contributed by atoms with Crippen molar-refractivity contribution >= 4 is 21.9 Å². The van der Waals surface area contributed by atoms with Crippen LogP contribution in [0.1, 0.15) is 39.2 Å². The van der Waals surface area contributed by atoms with Crippen LogP contribution in [0.2, 0.25) is 0 Å². The lowest BCUT2D eigenvalue weighted by Gasteiger charge is -2.25. The molecule has 1 amide bonds. The normalized spacial score (nSPS) is 21.0. The quantitative estimate of drug-likeness (QED) is 0.570. The van der Waals surface area contributed by atoms with Crippen LogP contribution in [-0.4, -0.2) is 37.2 Å². The van der Waals surface area contributed by atoms with Crippen LogP contribution in [-0.2, 0) is 24.3 Å². The lowest BCUT2D eigenvalue weighted by atomic mass is 9.98. The van der Waals surface area contributed by atoms with Crippen LogP contribution in [0.4, 0.5) is 0 Å². The number of carbonyl (C=O) groups is 2. The van der Waals surface area contributed by atoms with Gasteiger partial charge in [0.2, 0.25) is 0 Å². The van der Waals surface area contributed by atoms with Crippen molar-refractivity contribution in [3.8, 4) is 0 Å². The Hall–Kier alpha value is -1.89. The van der Waals surface area contributed by atoms with Crippen LogP contribution < -0.4 is 0 Å². The predicted octanol–water partition coefficient (Wildman–Crippen LogP) is 2.51. The molecule has 7 heteroatoms. The van der Waals surface area contributed by atoms with Gasteiger partial charge < -0.3 is 4.74 Å². The molecule has 1 fully saturated rings. The van der Waals surface area contributed by atoms with E-state index in [4.69, 9.17) is 4.74 Å². The number of carbonyl (C=O) groups excluding carboxylic acids is 2. The first-order valence-electron chi connectivity index (χ1n) is 8.50. The summed E-state index contributed by atoms with van der Waals surface area (Å²) in [4.78, 5) is 24.9. The Morgan fingerprint density at radius 1 is 1.28 bits per heavy atom. The van der Waals surface area contributed by atoms with E-state index in [9.17, 15) is 18.0 Å².